The number of amides is 2. The van der Waals surface area contributed by atoms with Gasteiger partial charge in [0, 0.05) is 0 Å². The first kappa shape index (κ1) is 14.5. The summed E-state index contributed by atoms with van der Waals surface area (Å²) in [5.41, 5.74) is 0. The molecule has 0 aromatic carbocycles. The number of rotatable bonds is 6. The zero-order chi connectivity index (χ0) is 11.7. The molecule has 0 aromatic rings. The molecule has 2 amide bonds. The number of unbranched alkanes of at least 4 members (excludes halogenated alkanes) is 1. The van der Waals surface area contributed by atoms with Crippen LogP contribution < -0.4 is 0 Å². The van der Waals surface area contributed by atoms with Gasteiger partial charge in [0.05, 0.1) is 0 Å². The number of carbonyl (C=O) groups excluding carboxylic acids is 2. The zero-order valence-corrected chi connectivity index (χ0v) is 11.3. The van der Waals surface area contributed by atoms with Crippen molar-refractivity contribution in [3.8, 4) is 0 Å². The molecule has 15 heavy (non-hydrogen) atoms. The average molecular weight is 280 g/mol. The van der Waals surface area contributed by atoms with Crippen molar-refractivity contribution in [2.24, 2.45) is 0 Å². The number of hydrogen-bond donors (Lipinski definition) is 0. The summed E-state index contributed by atoms with van der Waals surface area (Å²) in [6, 6.07) is 0. The summed E-state index contributed by atoms with van der Waals surface area (Å²) in [6.45, 7) is 6.31. The Kier molecular flexibility index (Phi) is 8.43. The van der Waals surface area contributed by atoms with Gasteiger partial charge in [-0.1, -0.05) is 0 Å². The maximum atomic E-state index is 11.6. The van der Waals surface area contributed by atoms with E-state index in [2.05, 4.69) is 6.92 Å². The van der Waals surface area contributed by atoms with E-state index in [9.17, 15) is 9.59 Å². The van der Waals surface area contributed by atoms with Crippen molar-refractivity contribution in [3.05, 3.63) is 0 Å². The van der Waals surface area contributed by atoms with E-state index in [1.807, 2.05) is 0 Å². The third kappa shape index (κ3) is 5.80. The molecule has 0 saturated carbocycles. The molecule has 0 aliphatic heterocycles. The molecule has 0 bridgehead atoms. The van der Waals surface area contributed by atoms with E-state index in [0.29, 0.717) is 13.2 Å². The normalized spacial score (nSPS) is 9.80. The van der Waals surface area contributed by atoms with Gasteiger partial charge < -0.3 is 0 Å². The molecule has 0 aromatic heterocycles. The van der Waals surface area contributed by atoms with Crippen LogP contribution in [-0.2, 0) is 4.74 Å². The fourth-order valence-electron chi connectivity index (χ4n) is 0.916. The molecule has 0 fully saturated rings. The molecule has 0 spiro atoms. The molecule has 0 saturated heterocycles. The van der Waals surface area contributed by atoms with E-state index in [0.717, 1.165) is 18.2 Å². The first-order valence-electron chi connectivity index (χ1n) is 5.28. The van der Waals surface area contributed by atoms with Crippen molar-refractivity contribution in [1.29, 1.82) is 0 Å². The monoisotopic (exact) mass is 281 g/mol. The predicted octanol–water partition coefficient (Wildman–Crippen LogP) is 2.51. The molecular weight excluding hydrogens is 261 g/mol. The molecule has 4 nitrogen and oxygen atoms in total. The predicted molar refractivity (Wildman–Crippen MR) is 60.3 cm³/mol. The Balaban J connectivity index is 4.03. The molecule has 0 N–H and O–H groups in total. The van der Waals surface area contributed by atoms with Crippen molar-refractivity contribution < 1.29 is 14.3 Å². The minimum atomic E-state index is -0.511. The van der Waals surface area contributed by atoms with Crippen molar-refractivity contribution in [1.82, 2.24) is 4.90 Å². The number of nitrogens with zero attached hydrogens (tertiary/aromatic N) is 1. The Morgan fingerprint density at radius 3 is 2.40 bits per heavy atom. The van der Waals surface area contributed by atoms with Crippen LogP contribution in [0.25, 0.3) is 0 Å². The molecule has 0 rings (SSSR count). The van der Waals surface area contributed by atoms with Crippen LogP contribution >= 0.6 is 0 Å². The number of carbonyl (C=O) groups is 2. The fourth-order valence-corrected chi connectivity index (χ4v) is 2.94. The number of hydrogen-bond acceptors (Lipinski definition) is 3. The van der Waals surface area contributed by atoms with Crippen LogP contribution in [0.1, 0.15) is 33.6 Å². The number of imide groups is 1. The summed E-state index contributed by atoms with van der Waals surface area (Å²) < 4.78 is 4.80. The third-order valence-corrected chi connectivity index (χ3v) is 3.76. The van der Waals surface area contributed by atoms with Crippen LogP contribution in [0.5, 0.6) is 0 Å². The molecule has 0 unspecified atom stereocenters. The van der Waals surface area contributed by atoms with Crippen LogP contribution in [0.2, 0.25) is 5.32 Å². The second-order valence-electron chi connectivity index (χ2n) is 2.91. The Hall–Kier alpha value is -0.541. The Bertz CT molecular complexity index is 209. The fraction of sp³-hybridized carbons (Fsp3) is 0.800. The van der Waals surface area contributed by atoms with Crippen LogP contribution in [0, 0.1) is 0 Å². The summed E-state index contributed by atoms with van der Waals surface area (Å²) in [7, 11) is 0. The quantitative estimate of drug-likeness (QED) is 0.555. The van der Waals surface area contributed by atoms with E-state index in [1.165, 1.54) is 4.90 Å². The van der Waals surface area contributed by atoms with Gasteiger partial charge in [0.2, 0.25) is 0 Å². The van der Waals surface area contributed by atoms with Crippen molar-refractivity contribution >= 4 is 25.9 Å². The van der Waals surface area contributed by atoms with E-state index in [1.54, 1.807) is 13.8 Å². The molecule has 88 valence electrons. The van der Waals surface area contributed by atoms with Gasteiger partial charge in [-0.2, -0.15) is 0 Å². The van der Waals surface area contributed by atoms with Gasteiger partial charge in [-0.3, -0.25) is 0 Å². The first-order valence-corrected chi connectivity index (χ1v) is 7.35. The van der Waals surface area contributed by atoms with Crippen LogP contribution in [0.4, 0.5) is 9.59 Å². The Morgan fingerprint density at radius 1 is 1.27 bits per heavy atom. The van der Waals surface area contributed by atoms with E-state index in [-0.39, 0.29) is 19.8 Å². The standard InChI is InChI=1S/C10H19NO3Se/c1-4-7-8-15-10(13)11(5-2)9(12)14-6-3/h4-8H2,1-3H3. The Morgan fingerprint density at radius 2 is 1.93 bits per heavy atom. The van der Waals surface area contributed by atoms with Crippen LogP contribution in [0.15, 0.2) is 0 Å². The summed E-state index contributed by atoms with van der Waals surface area (Å²) in [5, 5.41) is 0.901. The first-order chi connectivity index (χ1) is 7.17. The van der Waals surface area contributed by atoms with Gasteiger partial charge in [-0.05, 0) is 0 Å². The average Bonchev–Trinajstić information content (AvgIpc) is 2.19. The van der Waals surface area contributed by atoms with E-state index >= 15 is 0 Å². The van der Waals surface area contributed by atoms with Gasteiger partial charge >= 0.3 is 97.2 Å². The third-order valence-electron chi connectivity index (χ3n) is 1.75. The zero-order valence-electron chi connectivity index (χ0n) is 9.62. The van der Waals surface area contributed by atoms with Crippen LogP contribution in [-0.4, -0.2) is 43.9 Å². The molecule has 0 heterocycles. The van der Waals surface area contributed by atoms with Crippen molar-refractivity contribution in [2.45, 2.75) is 38.9 Å². The summed E-state index contributed by atoms with van der Waals surface area (Å²) in [4.78, 5) is 24.1. The molecule has 0 aliphatic rings. The summed E-state index contributed by atoms with van der Waals surface area (Å²) >= 11 is -0.126. The van der Waals surface area contributed by atoms with Gasteiger partial charge in [0.25, 0.3) is 0 Å². The molecule has 0 aliphatic carbocycles. The maximum absolute atomic E-state index is 11.6. The van der Waals surface area contributed by atoms with Gasteiger partial charge in [0.15, 0.2) is 0 Å². The van der Waals surface area contributed by atoms with Gasteiger partial charge in [-0.15, -0.1) is 0 Å². The second-order valence-corrected chi connectivity index (χ2v) is 5.11. The van der Waals surface area contributed by atoms with E-state index < -0.39 is 6.09 Å². The van der Waals surface area contributed by atoms with Crippen molar-refractivity contribution in [2.75, 3.05) is 13.2 Å². The molecule has 5 heteroatoms. The topological polar surface area (TPSA) is 46.6 Å². The SMILES string of the molecule is CCCC[Se]C(=O)N(CC)C(=O)OCC. The summed E-state index contributed by atoms with van der Waals surface area (Å²) in [5.74, 6) is 0. The molecule has 0 radical (unpaired) electrons. The summed E-state index contributed by atoms with van der Waals surface area (Å²) in [6.07, 6.45) is 1.62. The van der Waals surface area contributed by atoms with Gasteiger partial charge in [0.1, 0.15) is 0 Å². The second kappa shape index (κ2) is 8.74. The minimum absolute atomic E-state index is 0.0723. The van der Waals surface area contributed by atoms with Crippen LogP contribution in [0.3, 0.4) is 0 Å². The Labute approximate surface area is 97.5 Å². The van der Waals surface area contributed by atoms with Gasteiger partial charge in [-0.25, -0.2) is 0 Å². The van der Waals surface area contributed by atoms with E-state index in [4.69, 9.17) is 4.74 Å². The molecule has 0 atom stereocenters. The number of ether oxygens (including phenoxy) is 1. The van der Waals surface area contributed by atoms with Crippen molar-refractivity contribution in [3.63, 3.8) is 0 Å². The molecular formula is C10H19NO3Se.